The number of benzene rings is 1. The van der Waals surface area contributed by atoms with E-state index in [0.717, 1.165) is 13.1 Å². The first-order chi connectivity index (χ1) is 8.82. The highest BCUT2D eigenvalue weighted by molar-refractivity contribution is 6.89. The molecule has 0 heterocycles. The molecule has 0 bridgehead atoms. The number of nitrogens with zero attached hydrogens (tertiary/aromatic N) is 2. The SMILES string of the molecule is CCN(CC)[Si](c1ccccc1)(N(C)C)C(C)(C)C. The maximum absolute atomic E-state index is 2.70. The third kappa shape index (κ3) is 2.78. The second-order valence-corrected chi connectivity index (χ2v) is 11.3. The van der Waals surface area contributed by atoms with Crippen LogP contribution in [0.5, 0.6) is 0 Å². The minimum Gasteiger partial charge on any atom is -0.313 e. The lowest BCUT2D eigenvalue weighted by molar-refractivity contribution is 0.373. The molecule has 1 aromatic carbocycles. The fourth-order valence-electron chi connectivity index (χ4n) is 3.65. The van der Waals surface area contributed by atoms with E-state index in [1.165, 1.54) is 5.19 Å². The molecule has 1 unspecified atom stereocenters. The van der Waals surface area contributed by atoms with E-state index in [2.05, 4.69) is 88.2 Å². The molecule has 1 atom stereocenters. The molecule has 0 spiro atoms. The molecule has 0 aliphatic rings. The van der Waals surface area contributed by atoms with Gasteiger partial charge in [0.25, 0.3) is 0 Å². The summed E-state index contributed by atoms with van der Waals surface area (Å²) < 4.78 is 5.21. The minimum atomic E-state index is -1.91. The maximum Gasteiger partial charge on any atom is 0.244 e. The van der Waals surface area contributed by atoms with Crippen LogP contribution in [0.2, 0.25) is 5.04 Å². The molecule has 0 aliphatic heterocycles. The third-order valence-corrected chi connectivity index (χ3v) is 10.2. The number of hydrogen-bond acceptors (Lipinski definition) is 2. The molecule has 0 aromatic heterocycles. The van der Waals surface area contributed by atoms with Gasteiger partial charge in [-0.1, -0.05) is 65.0 Å². The van der Waals surface area contributed by atoms with Crippen molar-refractivity contribution in [2.24, 2.45) is 0 Å². The molecule has 19 heavy (non-hydrogen) atoms. The Bertz CT molecular complexity index is 379. The maximum atomic E-state index is 2.70. The van der Waals surface area contributed by atoms with E-state index in [-0.39, 0.29) is 5.04 Å². The second-order valence-electron chi connectivity index (χ2n) is 6.35. The van der Waals surface area contributed by atoms with Gasteiger partial charge in [-0.05, 0) is 37.4 Å². The van der Waals surface area contributed by atoms with Gasteiger partial charge < -0.3 is 9.13 Å². The molecule has 2 nitrogen and oxygen atoms in total. The van der Waals surface area contributed by atoms with Crippen molar-refractivity contribution < 1.29 is 0 Å². The lowest BCUT2D eigenvalue weighted by atomic mass is 10.2. The van der Waals surface area contributed by atoms with Crippen molar-refractivity contribution in [1.29, 1.82) is 0 Å². The van der Waals surface area contributed by atoms with Crippen molar-refractivity contribution in [2.75, 3.05) is 27.2 Å². The second kappa shape index (κ2) is 6.20. The van der Waals surface area contributed by atoms with Gasteiger partial charge in [0.05, 0.1) is 0 Å². The van der Waals surface area contributed by atoms with E-state index in [4.69, 9.17) is 0 Å². The largest absolute Gasteiger partial charge is 0.313 e. The Kier molecular flexibility index (Phi) is 5.36. The topological polar surface area (TPSA) is 6.48 Å². The van der Waals surface area contributed by atoms with Crippen LogP contribution >= 0.6 is 0 Å². The molecule has 1 aromatic rings. The monoisotopic (exact) mass is 278 g/mol. The zero-order valence-corrected chi connectivity index (χ0v) is 14.7. The zero-order valence-electron chi connectivity index (χ0n) is 13.7. The van der Waals surface area contributed by atoms with E-state index in [9.17, 15) is 0 Å². The quantitative estimate of drug-likeness (QED) is 0.764. The van der Waals surface area contributed by atoms with Crippen molar-refractivity contribution in [3.8, 4) is 0 Å². The summed E-state index contributed by atoms with van der Waals surface area (Å²) in [6.45, 7) is 14.0. The predicted octanol–water partition coefficient (Wildman–Crippen LogP) is 3.04. The lowest BCUT2D eigenvalue weighted by Gasteiger charge is -2.53. The predicted molar refractivity (Wildman–Crippen MR) is 88.2 cm³/mol. The Balaban J connectivity index is 3.54. The van der Waals surface area contributed by atoms with Crippen LogP contribution in [0, 0.1) is 0 Å². The molecule has 0 amide bonds. The number of rotatable bonds is 5. The van der Waals surface area contributed by atoms with Gasteiger partial charge in [0.15, 0.2) is 0 Å². The Hall–Kier alpha value is -0.643. The first-order valence-corrected chi connectivity index (χ1v) is 9.19. The van der Waals surface area contributed by atoms with E-state index in [1.54, 1.807) is 0 Å². The van der Waals surface area contributed by atoms with E-state index in [0.29, 0.717) is 0 Å². The van der Waals surface area contributed by atoms with Gasteiger partial charge in [-0.15, -0.1) is 0 Å². The van der Waals surface area contributed by atoms with Gasteiger partial charge in [0, 0.05) is 0 Å². The summed E-state index contributed by atoms with van der Waals surface area (Å²) in [5.41, 5.74) is 0. The normalized spacial score (nSPS) is 15.8. The zero-order chi connectivity index (χ0) is 14.7. The Morgan fingerprint density at radius 3 is 1.74 bits per heavy atom. The molecule has 1 rings (SSSR count). The summed E-state index contributed by atoms with van der Waals surface area (Å²) in [4.78, 5) is 0. The highest BCUT2D eigenvalue weighted by atomic mass is 28.4. The van der Waals surface area contributed by atoms with Crippen LogP contribution in [0.25, 0.3) is 0 Å². The standard InChI is InChI=1S/C16H30N2Si/c1-8-18(9-2)19(17(6)7,16(3,4)5)15-13-11-10-12-14-15/h10-14H,8-9H2,1-7H3. The summed E-state index contributed by atoms with van der Waals surface area (Å²) in [6, 6.07) is 11.1. The summed E-state index contributed by atoms with van der Waals surface area (Å²) in [5.74, 6) is 0. The van der Waals surface area contributed by atoms with Crippen LogP contribution in [-0.2, 0) is 0 Å². The summed E-state index contributed by atoms with van der Waals surface area (Å²) in [6.07, 6.45) is 0. The molecule has 0 saturated carbocycles. The van der Waals surface area contributed by atoms with Crippen LogP contribution in [0.4, 0.5) is 0 Å². The van der Waals surface area contributed by atoms with E-state index in [1.807, 2.05) is 0 Å². The fourth-order valence-corrected chi connectivity index (χ4v) is 9.83. The van der Waals surface area contributed by atoms with Gasteiger partial charge in [0.1, 0.15) is 0 Å². The van der Waals surface area contributed by atoms with Gasteiger partial charge >= 0.3 is 0 Å². The molecule has 108 valence electrons. The molecule has 0 radical (unpaired) electrons. The average molecular weight is 279 g/mol. The van der Waals surface area contributed by atoms with Gasteiger partial charge in [-0.25, -0.2) is 0 Å². The van der Waals surface area contributed by atoms with Crippen LogP contribution in [0.15, 0.2) is 30.3 Å². The first-order valence-electron chi connectivity index (χ1n) is 7.30. The average Bonchev–Trinajstić information content (AvgIpc) is 2.34. The first kappa shape index (κ1) is 16.4. The highest BCUT2D eigenvalue weighted by Crippen LogP contribution is 2.39. The van der Waals surface area contributed by atoms with Crippen molar-refractivity contribution in [3.63, 3.8) is 0 Å². The third-order valence-electron chi connectivity index (χ3n) is 4.09. The molecule has 0 saturated heterocycles. The Morgan fingerprint density at radius 1 is 0.947 bits per heavy atom. The van der Waals surface area contributed by atoms with Crippen LogP contribution in [0.1, 0.15) is 34.6 Å². The van der Waals surface area contributed by atoms with Gasteiger partial charge in [0.2, 0.25) is 8.40 Å². The van der Waals surface area contributed by atoms with E-state index < -0.39 is 8.40 Å². The summed E-state index contributed by atoms with van der Waals surface area (Å²) in [5, 5.41) is 1.76. The van der Waals surface area contributed by atoms with Gasteiger partial charge in [-0.3, -0.25) is 0 Å². The smallest absolute Gasteiger partial charge is 0.244 e. The van der Waals surface area contributed by atoms with Crippen LogP contribution in [0.3, 0.4) is 0 Å². The molecule has 0 fully saturated rings. The lowest BCUT2D eigenvalue weighted by Crippen LogP contribution is -2.75. The van der Waals surface area contributed by atoms with Crippen molar-refractivity contribution >= 4 is 13.6 Å². The Morgan fingerprint density at radius 2 is 1.42 bits per heavy atom. The van der Waals surface area contributed by atoms with Gasteiger partial charge in [-0.2, -0.15) is 0 Å². The van der Waals surface area contributed by atoms with E-state index >= 15 is 0 Å². The van der Waals surface area contributed by atoms with Crippen LogP contribution in [-0.4, -0.2) is 44.7 Å². The highest BCUT2D eigenvalue weighted by Gasteiger charge is 2.52. The summed E-state index contributed by atoms with van der Waals surface area (Å²) >= 11 is 0. The minimum absolute atomic E-state index is 0.254. The fraction of sp³-hybridized carbons (Fsp3) is 0.625. The molecule has 3 heteroatoms. The molecule has 0 aliphatic carbocycles. The number of hydrogen-bond donors (Lipinski definition) is 0. The Labute approximate surface area is 120 Å². The molecular weight excluding hydrogens is 248 g/mol. The van der Waals surface area contributed by atoms with Crippen molar-refractivity contribution in [2.45, 2.75) is 39.7 Å². The van der Waals surface area contributed by atoms with Crippen LogP contribution < -0.4 is 5.19 Å². The molecular formula is C16H30N2Si. The van der Waals surface area contributed by atoms with Crippen molar-refractivity contribution in [1.82, 2.24) is 9.13 Å². The molecule has 0 N–H and O–H groups in total. The summed E-state index contributed by atoms with van der Waals surface area (Å²) in [7, 11) is 2.59. The van der Waals surface area contributed by atoms with Crippen molar-refractivity contribution in [3.05, 3.63) is 30.3 Å².